The van der Waals surface area contributed by atoms with Gasteiger partial charge in [0.25, 0.3) is 10.0 Å². The molecule has 0 bridgehead atoms. The molecule has 1 aromatic carbocycles. The smallest absolute Gasteiger partial charge is 0.252 e. The van der Waals surface area contributed by atoms with Gasteiger partial charge in [0.1, 0.15) is 4.21 Å². The van der Waals surface area contributed by atoms with Crippen LogP contribution in [-0.2, 0) is 14.8 Å². The zero-order valence-corrected chi connectivity index (χ0v) is 19.3. The van der Waals surface area contributed by atoms with Crippen LogP contribution < -0.4 is 4.90 Å². The average molecular weight is 498 g/mol. The molecule has 4 rings (SSSR count). The Morgan fingerprint density at radius 2 is 1.72 bits per heavy atom. The summed E-state index contributed by atoms with van der Waals surface area (Å²) in [5, 5.41) is 0. The predicted molar refractivity (Wildman–Crippen MR) is 119 cm³/mol. The van der Waals surface area contributed by atoms with Gasteiger partial charge in [-0.1, -0.05) is 18.2 Å². The van der Waals surface area contributed by atoms with E-state index in [0.29, 0.717) is 30.3 Å². The molecule has 2 saturated heterocycles. The van der Waals surface area contributed by atoms with Gasteiger partial charge in [-0.2, -0.15) is 4.31 Å². The van der Waals surface area contributed by atoms with Crippen LogP contribution in [0, 0.1) is 5.92 Å². The van der Waals surface area contributed by atoms with Crippen LogP contribution in [0.1, 0.15) is 12.8 Å². The summed E-state index contributed by atoms with van der Waals surface area (Å²) in [6.45, 7) is 3.70. The lowest BCUT2D eigenvalue weighted by atomic mass is 9.97. The summed E-state index contributed by atoms with van der Waals surface area (Å²) in [4.78, 5) is 17.3. The Hall–Kier alpha value is -1.42. The second-order valence-corrected chi connectivity index (χ2v) is 12.0. The minimum Gasteiger partial charge on any atom is -0.368 e. The van der Waals surface area contributed by atoms with Crippen molar-refractivity contribution in [1.29, 1.82) is 0 Å². The molecule has 29 heavy (non-hydrogen) atoms. The van der Waals surface area contributed by atoms with E-state index < -0.39 is 10.0 Å². The van der Waals surface area contributed by atoms with Crippen LogP contribution in [-0.4, -0.2) is 62.8 Å². The molecule has 0 saturated carbocycles. The fraction of sp³-hybridized carbons (Fsp3) is 0.450. The summed E-state index contributed by atoms with van der Waals surface area (Å²) in [6.07, 6.45) is 1.46. The first-order chi connectivity index (χ1) is 13.9. The van der Waals surface area contributed by atoms with Crippen LogP contribution in [0.2, 0.25) is 0 Å². The van der Waals surface area contributed by atoms with Crippen molar-refractivity contribution in [1.82, 2.24) is 9.21 Å². The van der Waals surface area contributed by atoms with E-state index >= 15 is 0 Å². The SMILES string of the molecule is O=C([C@@H]1CCCN(S(=O)(=O)c2ccc(Br)s2)C1)N1CCN(c2ccccc2)CC1. The minimum atomic E-state index is -3.54. The summed E-state index contributed by atoms with van der Waals surface area (Å²) in [5.41, 5.74) is 1.18. The van der Waals surface area contributed by atoms with Crippen molar-refractivity contribution in [2.45, 2.75) is 17.1 Å². The minimum absolute atomic E-state index is 0.0879. The molecule has 1 amide bonds. The predicted octanol–water partition coefficient (Wildman–Crippen LogP) is 3.26. The fourth-order valence-corrected chi connectivity index (χ4v) is 7.70. The van der Waals surface area contributed by atoms with E-state index in [-0.39, 0.29) is 18.4 Å². The van der Waals surface area contributed by atoms with Crippen LogP contribution in [0.3, 0.4) is 0 Å². The quantitative estimate of drug-likeness (QED) is 0.650. The number of para-hydroxylation sites is 1. The monoisotopic (exact) mass is 497 g/mol. The number of piperidine rings is 1. The largest absolute Gasteiger partial charge is 0.368 e. The van der Waals surface area contributed by atoms with Crippen molar-refractivity contribution in [2.24, 2.45) is 5.92 Å². The van der Waals surface area contributed by atoms with Crippen molar-refractivity contribution in [3.63, 3.8) is 0 Å². The van der Waals surface area contributed by atoms with E-state index in [1.807, 2.05) is 23.1 Å². The molecule has 0 radical (unpaired) electrons. The molecule has 2 fully saturated rings. The Morgan fingerprint density at radius 3 is 2.38 bits per heavy atom. The van der Waals surface area contributed by atoms with Crippen LogP contribution in [0.5, 0.6) is 0 Å². The fourth-order valence-electron chi connectivity index (χ4n) is 4.01. The third-order valence-corrected chi connectivity index (χ3v) is 9.54. The third kappa shape index (κ3) is 4.52. The van der Waals surface area contributed by atoms with Crippen molar-refractivity contribution in [2.75, 3.05) is 44.2 Å². The van der Waals surface area contributed by atoms with Gasteiger partial charge in [0.2, 0.25) is 5.91 Å². The number of benzene rings is 1. The molecule has 0 aliphatic carbocycles. The number of piperazine rings is 1. The van der Waals surface area contributed by atoms with Gasteiger partial charge < -0.3 is 9.80 Å². The van der Waals surface area contributed by atoms with Gasteiger partial charge in [0.15, 0.2) is 0 Å². The van der Waals surface area contributed by atoms with Crippen LogP contribution in [0.25, 0.3) is 0 Å². The summed E-state index contributed by atoms with van der Waals surface area (Å²) >= 11 is 4.54. The second-order valence-electron chi connectivity index (χ2n) is 7.41. The first-order valence-electron chi connectivity index (χ1n) is 9.79. The molecule has 1 aromatic heterocycles. The molecule has 1 atom stereocenters. The van der Waals surface area contributed by atoms with Gasteiger partial charge in [-0.05, 0) is 53.0 Å². The molecule has 2 aliphatic rings. The number of hydrogen-bond donors (Lipinski definition) is 0. The van der Waals surface area contributed by atoms with Crippen molar-refractivity contribution >= 4 is 48.9 Å². The van der Waals surface area contributed by atoms with Crippen LogP contribution in [0.15, 0.2) is 50.5 Å². The highest BCUT2D eigenvalue weighted by Gasteiger charge is 2.36. The number of rotatable bonds is 4. The zero-order valence-electron chi connectivity index (χ0n) is 16.0. The first kappa shape index (κ1) is 20.8. The lowest BCUT2D eigenvalue weighted by molar-refractivity contribution is -0.137. The molecule has 2 aliphatic heterocycles. The maximum atomic E-state index is 13.1. The first-order valence-corrected chi connectivity index (χ1v) is 12.8. The standard InChI is InChI=1S/C20H24BrN3O3S2/c21-18-8-9-19(28-18)29(26,27)24-10-4-5-16(15-24)20(25)23-13-11-22(12-14-23)17-6-2-1-3-7-17/h1-3,6-9,16H,4-5,10-15H2/t16-/m1/s1. The number of carbonyl (C=O) groups is 1. The van der Waals surface area contributed by atoms with Crippen LogP contribution >= 0.6 is 27.3 Å². The van der Waals surface area contributed by atoms with E-state index in [4.69, 9.17) is 0 Å². The molecule has 0 spiro atoms. The Kier molecular flexibility index (Phi) is 6.29. The normalized spacial score (nSPS) is 21.3. The molecule has 0 N–H and O–H groups in total. The Morgan fingerprint density at radius 1 is 1.00 bits per heavy atom. The molecule has 0 unspecified atom stereocenters. The molecule has 156 valence electrons. The number of halogens is 1. The van der Waals surface area contributed by atoms with Gasteiger partial charge in [0, 0.05) is 45.0 Å². The summed E-state index contributed by atoms with van der Waals surface area (Å²) in [7, 11) is -3.54. The average Bonchev–Trinajstić information content (AvgIpc) is 3.21. The highest BCUT2D eigenvalue weighted by molar-refractivity contribution is 9.11. The molecule has 2 aromatic rings. The Balaban J connectivity index is 1.38. The van der Waals surface area contributed by atoms with Crippen molar-refractivity contribution in [3.05, 3.63) is 46.3 Å². The van der Waals surface area contributed by atoms with Crippen molar-refractivity contribution < 1.29 is 13.2 Å². The molecular weight excluding hydrogens is 474 g/mol. The second kappa shape index (κ2) is 8.75. The summed E-state index contributed by atoms with van der Waals surface area (Å²) in [6, 6.07) is 13.6. The summed E-state index contributed by atoms with van der Waals surface area (Å²) < 4.78 is 28.5. The van der Waals surface area contributed by atoms with Gasteiger partial charge in [0.05, 0.1) is 9.70 Å². The summed E-state index contributed by atoms with van der Waals surface area (Å²) in [5.74, 6) is -0.171. The highest BCUT2D eigenvalue weighted by Crippen LogP contribution is 2.31. The lowest BCUT2D eigenvalue weighted by Gasteiger charge is -2.39. The van der Waals surface area contributed by atoms with E-state index in [9.17, 15) is 13.2 Å². The van der Waals surface area contributed by atoms with E-state index in [0.717, 1.165) is 23.3 Å². The van der Waals surface area contributed by atoms with Gasteiger partial charge in [-0.15, -0.1) is 11.3 Å². The number of nitrogens with zero attached hydrogens (tertiary/aromatic N) is 3. The van der Waals surface area contributed by atoms with E-state index in [1.54, 1.807) is 12.1 Å². The maximum Gasteiger partial charge on any atom is 0.252 e. The lowest BCUT2D eigenvalue weighted by Crippen LogP contribution is -2.53. The van der Waals surface area contributed by atoms with Gasteiger partial charge in [-0.25, -0.2) is 8.42 Å². The van der Waals surface area contributed by atoms with E-state index in [1.165, 1.54) is 21.3 Å². The molecule has 6 nitrogen and oxygen atoms in total. The van der Waals surface area contributed by atoms with Crippen LogP contribution in [0.4, 0.5) is 5.69 Å². The Bertz CT molecular complexity index is 956. The maximum absolute atomic E-state index is 13.1. The van der Waals surface area contributed by atoms with E-state index in [2.05, 4.69) is 33.0 Å². The Labute approximate surface area is 184 Å². The molecule has 3 heterocycles. The number of anilines is 1. The van der Waals surface area contributed by atoms with Crippen molar-refractivity contribution in [3.8, 4) is 0 Å². The highest BCUT2D eigenvalue weighted by atomic mass is 79.9. The number of amides is 1. The third-order valence-electron chi connectivity index (χ3n) is 5.59. The number of hydrogen-bond acceptors (Lipinski definition) is 5. The topological polar surface area (TPSA) is 60.9 Å². The van der Waals surface area contributed by atoms with Gasteiger partial charge >= 0.3 is 0 Å². The number of sulfonamides is 1. The van der Waals surface area contributed by atoms with Gasteiger partial charge in [-0.3, -0.25) is 4.79 Å². The number of carbonyl (C=O) groups excluding carboxylic acids is 1. The zero-order chi connectivity index (χ0) is 20.4. The molecular formula is C20H24BrN3O3S2. The number of thiophene rings is 1. The molecule has 9 heteroatoms.